The number of aryl methyl sites for hydroxylation is 1. The van der Waals surface area contributed by atoms with E-state index in [-0.39, 0.29) is 0 Å². The standard InChI is InChI=1S/C19H25N3/c1-14-8-2-5-12-17(14)22-19-16(11-6-7-13-20-19)18(21-22)15-9-3-4-10-15/h2,5,8,12,15,20H,3-4,6-7,9-11,13H2,1H3. The summed E-state index contributed by atoms with van der Waals surface area (Å²) in [5, 5.41) is 8.76. The Bertz CT molecular complexity index is 665. The highest BCUT2D eigenvalue weighted by molar-refractivity contribution is 5.56. The van der Waals surface area contributed by atoms with Crippen molar-refractivity contribution in [3.63, 3.8) is 0 Å². The maximum absolute atomic E-state index is 5.10. The van der Waals surface area contributed by atoms with E-state index >= 15 is 0 Å². The highest BCUT2D eigenvalue weighted by Gasteiger charge is 2.28. The van der Waals surface area contributed by atoms with Crippen LogP contribution in [0.5, 0.6) is 0 Å². The van der Waals surface area contributed by atoms with Crippen LogP contribution in [0, 0.1) is 6.92 Å². The van der Waals surface area contributed by atoms with E-state index in [1.807, 2.05) is 0 Å². The van der Waals surface area contributed by atoms with Crippen LogP contribution < -0.4 is 5.32 Å². The second-order valence-corrected chi connectivity index (χ2v) is 6.78. The Morgan fingerprint density at radius 1 is 1.09 bits per heavy atom. The summed E-state index contributed by atoms with van der Waals surface area (Å²) in [6, 6.07) is 8.58. The molecule has 3 nitrogen and oxygen atoms in total. The van der Waals surface area contributed by atoms with E-state index in [1.165, 1.54) is 73.3 Å². The minimum Gasteiger partial charge on any atom is -0.370 e. The Morgan fingerprint density at radius 3 is 2.73 bits per heavy atom. The molecule has 3 heteroatoms. The molecule has 4 rings (SSSR count). The Hall–Kier alpha value is -1.77. The topological polar surface area (TPSA) is 29.9 Å². The molecule has 1 aromatic carbocycles. The van der Waals surface area contributed by atoms with Crippen molar-refractivity contribution >= 4 is 5.82 Å². The summed E-state index contributed by atoms with van der Waals surface area (Å²) < 4.78 is 2.18. The fourth-order valence-electron chi connectivity index (χ4n) is 4.03. The first kappa shape index (κ1) is 13.9. The first-order valence-electron chi connectivity index (χ1n) is 8.76. The van der Waals surface area contributed by atoms with Gasteiger partial charge in [0.2, 0.25) is 0 Å². The molecule has 0 radical (unpaired) electrons. The van der Waals surface area contributed by atoms with Crippen LogP contribution in [0.2, 0.25) is 0 Å². The monoisotopic (exact) mass is 295 g/mol. The summed E-state index contributed by atoms with van der Waals surface area (Å²) in [4.78, 5) is 0. The van der Waals surface area contributed by atoms with Crippen molar-refractivity contribution in [2.75, 3.05) is 11.9 Å². The fourth-order valence-corrected chi connectivity index (χ4v) is 4.03. The van der Waals surface area contributed by atoms with Crippen LogP contribution in [0.15, 0.2) is 24.3 Å². The van der Waals surface area contributed by atoms with Crippen LogP contribution in [-0.4, -0.2) is 16.3 Å². The van der Waals surface area contributed by atoms with Gasteiger partial charge < -0.3 is 5.32 Å². The quantitative estimate of drug-likeness (QED) is 0.878. The number of benzene rings is 1. The lowest BCUT2D eigenvalue weighted by Gasteiger charge is -2.11. The molecule has 1 saturated carbocycles. The Kier molecular flexibility index (Phi) is 3.65. The van der Waals surface area contributed by atoms with Gasteiger partial charge in [0.25, 0.3) is 0 Å². The molecule has 1 fully saturated rings. The number of nitrogens with one attached hydrogen (secondary N) is 1. The molecule has 2 aromatic rings. The molecule has 0 spiro atoms. The van der Waals surface area contributed by atoms with Gasteiger partial charge in [-0.2, -0.15) is 5.10 Å². The number of fused-ring (bicyclic) bond motifs is 1. The van der Waals surface area contributed by atoms with Crippen molar-refractivity contribution in [1.82, 2.24) is 9.78 Å². The van der Waals surface area contributed by atoms with Gasteiger partial charge in [-0.15, -0.1) is 0 Å². The number of hydrogen-bond acceptors (Lipinski definition) is 2. The van der Waals surface area contributed by atoms with Crippen molar-refractivity contribution < 1.29 is 0 Å². The number of aromatic nitrogens is 2. The maximum Gasteiger partial charge on any atom is 0.133 e. The second-order valence-electron chi connectivity index (χ2n) is 6.78. The third-order valence-corrected chi connectivity index (χ3v) is 5.25. The minimum absolute atomic E-state index is 0.680. The molecule has 0 unspecified atom stereocenters. The number of nitrogens with zero attached hydrogens (tertiary/aromatic N) is 2. The third kappa shape index (κ3) is 2.33. The van der Waals surface area contributed by atoms with Crippen molar-refractivity contribution in [3.05, 3.63) is 41.1 Å². The third-order valence-electron chi connectivity index (χ3n) is 5.25. The summed E-state index contributed by atoms with van der Waals surface area (Å²) >= 11 is 0. The van der Waals surface area contributed by atoms with Gasteiger partial charge in [0.05, 0.1) is 11.4 Å². The van der Waals surface area contributed by atoms with Gasteiger partial charge in [-0.3, -0.25) is 0 Å². The Labute approximate surface area is 132 Å². The van der Waals surface area contributed by atoms with Crippen molar-refractivity contribution in [2.45, 2.75) is 57.8 Å². The van der Waals surface area contributed by atoms with Gasteiger partial charge in [-0.1, -0.05) is 31.0 Å². The van der Waals surface area contributed by atoms with Crippen LogP contribution in [-0.2, 0) is 6.42 Å². The van der Waals surface area contributed by atoms with E-state index in [4.69, 9.17) is 5.10 Å². The lowest BCUT2D eigenvalue weighted by molar-refractivity contribution is 0.663. The van der Waals surface area contributed by atoms with Crippen LogP contribution in [0.3, 0.4) is 0 Å². The highest BCUT2D eigenvalue weighted by Crippen LogP contribution is 2.39. The lowest BCUT2D eigenvalue weighted by atomic mass is 9.97. The van der Waals surface area contributed by atoms with Gasteiger partial charge in [-0.05, 0) is 50.7 Å². The van der Waals surface area contributed by atoms with Gasteiger partial charge in [0.1, 0.15) is 5.82 Å². The molecule has 0 saturated heterocycles. The summed E-state index contributed by atoms with van der Waals surface area (Å²) in [5.41, 5.74) is 5.38. The molecule has 1 aliphatic heterocycles. The normalized spacial score (nSPS) is 18.8. The van der Waals surface area contributed by atoms with Crippen LogP contribution >= 0.6 is 0 Å². The molecule has 0 atom stereocenters. The van der Waals surface area contributed by atoms with Gasteiger partial charge in [-0.25, -0.2) is 4.68 Å². The van der Waals surface area contributed by atoms with Gasteiger partial charge in [0.15, 0.2) is 0 Å². The predicted octanol–water partition coefficient (Wildman–Crippen LogP) is 4.59. The van der Waals surface area contributed by atoms with Crippen LogP contribution in [0.4, 0.5) is 5.82 Å². The second kappa shape index (κ2) is 5.79. The van der Waals surface area contributed by atoms with E-state index in [0.717, 1.165) is 6.54 Å². The van der Waals surface area contributed by atoms with E-state index in [2.05, 4.69) is 41.2 Å². The van der Waals surface area contributed by atoms with E-state index < -0.39 is 0 Å². The summed E-state index contributed by atoms with van der Waals surface area (Å²) in [5.74, 6) is 1.94. The van der Waals surface area contributed by atoms with E-state index in [1.54, 1.807) is 0 Å². The Balaban J connectivity index is 1.86. The first-order valence-corrected chi connectivity index (χ1v) is 8.76. The average molecular weight is 295 g/mol. The molecule has 1 aliphatic carbocycles. The van der Waals surface area contributed by atoms with Gasteiger partial charge >= 0.3 is 0 Å². The highest BCUT2D eigenvalue weighted by atomic mass is 15.3. The molecule has 2 heterocycles. The number of para-hydroxylation sites is 1. The maximum atomic E-state index is 5.10. The zero-order chi connectivity index (χ0) is 14.9. The molecule has 0 amide bonds. The zero-order valence-electron chi connectivity index (χ0n) is 13.4. The van der Waals surface area contributed by atoms with Crippen molar-refractivity contribution in [1.29, 1.82) is 0 Å². The molecule has 0 bridgehead atoms. The number of hydrogen-bond donors (Lipinski definition) is 1. The SMILES string of the molecule is Cc1ccccc1-n1nc(C2CCCC2)c2c1NCCCC2. The van der Waals surface area contributed by atoms with Crippen molar-refractivity contribution in [2.24, 2.45) is 0 Å². The van der Waals surface area contributed by atoms with E-state index in [0.29, 0.717) is 5.92 Å². The average Bonchev–Trinajstić information content (AvgIpc) is 3.10. The minimum atomic E-state index is 0.680. The van der Waals surface area contributed by atoms with Crippen LogP contribution in [0.1, 0.15) is 61.3 Å². The fraction of sp³-hybridized carbons (Fsp3) is 0.526. The molecule has 1 aromatic heterocycles. The van der Waals surface area contributed by atoms with Crippen molar-refractivity contribution in [3.8, 4) is 5.69 Å². The molecular formula is C19H25N3. The molecule has 2 aliphatic rings. The zero-order valence-corrected chi connectivity index (χ0v) is 13.4. The summed E-state index contributed by atoms with van der Waals surface area (Å²) in [7, 11) is 0. The van der Waals surface area contributed by atoms with Gasteiger partial charge in [0, 0.05) is 18.0 Å². The molecular weight excluding hydrogens is 270 g/mol. The molecule has 116 valence electrons. The Morgan fingerprint density at radius 2 is 1.91 bits per heavy atom. The number of rotatable bonds is 2. The first-order chi connectivity index (χ1) is 10.8. The molecule has 1 N–H and O–H groups in total. The molecule has 22 heavy (non-hydrogen) atoms. The summed E-state index contributed by atoms with van der Waals surface area (Å²) in [6.07, 6.45) is 9.08. The largest absolute Gasteiger partial charge is 0.370 e. The van der Waals surface area contributed by atoms with Crippen LogP contribution in [0.25, 0.3) is 5.69 Å². The lowest BCUT2D eigenvalue weighted by Crippen LogP contribution is -2.08. The predicted molar refractivity (Wildman–Crippen MR) is 90.9 cm³/mol. The summed E-state index contributed by atoms with van der Waals surface area (Å²) in [6.45, 7) is 3.24. The van der Waals surface area contributed by atoms with E-state index in [9.17, 15) is 0 Å². The smallest absolute Gasteiger partial charge is 0.133 e. The number of anilines is 1.